The molecule has 96 valence electrons. The Bertz CT molecular complexity index is 335. The highest BCUT2D eigenvalue weighted by molar-refractivity contribution is 5.84. The Labute approximate surface area is 104 Å². The summed E-state index contributed by atoms with van der Waals surface area (Å²) in [6.07, 6.45) is 4.79. The van der Waals surface area contributed by atoms with Crippen LogP contribution in [0.1, 0.15) is 52.9 Å². The number of nitrogens with zero attached hydrogens (tertiary/aromatic N) is 1. The lowest BCUT2D eigenvalue weighted by molar-refractivity contribution is -0.137. The highest BCUT2D eigenvalue weighted by Crippen LogP contribution is 2.52. The Morgan fingerprint density at radius 2 is 1.94 bits per heavy atom. The molecule has 0 spiro atoms. The fourth-order valence-corrected chi connectivity index (χ4v) is 2.92. The molecule has 0 aromatic rings. The highest BCUT2D eigenvalue weighted by Gasteiger charge is 2.52. The van der Waals surface area contributed by atoms with E-state index in [2.05, 4.69) is 13.8 Å². The zero-order valence-electron chi connectivity index (χ0n) is 11.2. The second-order valence-electron chi connectivity index (χ2n) is 6.33. The van der Waals surface area contributed by atoms with Crippen molar-refractivity contribution in [3.05, 3.63) is 0 Å². The van der Waals surface area contributed by atoms with Crippen molar-refractivity contribution < 1.29 is 9.59 Å². The fraction of sp³-hybridized carbons (Fsp3) is 0.857. The molecule has 2 rings (SSSR count). The van der Waals surface area contributed by atoms with Crippen LogP contribution < -0.4 is 0 Å². The topological polar surface area (TPSA) is 37.4 Å². The van der Waals surface area contributed by atoms with Gasteiger partial charge < -0.3 is 4.90 Å². The monoisotopic (exact) mass is 237 g/mol. The number of carbonyl (C=O) groups excluding carboxylic acids is 2. The van der Waals surface area contributed by atoms with Gasteiger partial charge in [0.1, 0.15) is 5.78 Å². The summed E-state index contributed by atoms with van der Waals surface area (Å²) in [5.74, 6) is 0.695. The molecule has 0 N–H and O–H groups in total. The molecule has 1 aliphatic carbocycles. The van der Waals surface area contributed by atoms with E-state index in [1.165, 1.54) is 0 Å². The van der Waals surface area contributed by atoms with Gasteiger partial charge in [0.05, 0.1) is 0 Å². The molecule has 3 nitrogen and oxygen atoms in total. The molecule has 0 aromatic carbocycles. The number of Topliss-reactive ketones (excluding diaryl/α,β-unsaturated/α-hetero) is 1. The van der Waals surface area contributed by atoms with E-state index in [0.29, 0.717) is 12.3 Å². The Balaban J connectivity index is 2.01. The van der Waals surface area contributed by atoms with E-state index in [0.717, 1.165) is 32.2 Å². The summed E-state index contributed by atoms with van der Waals surface area (Å²) >= 11 is 0. The van der Waals surface area contributed by atoms with Crippen molar-refractivity contribution in [2.45, 2.75) is 58.9 Å². The zero-order valence-corrected chi connectivity index (χ0v) is 11.2. The van der Waals surface area contributed by atoms with Gasteiger partial charge in [0.25, 0.3) is 0 Å². The largest absolute Gasteiger partial charge is 0.339 e. The van der Waals surface area contributed by atoms with E-state index in [9.17, 15) is 9.59 Å². The molecule has 2 fully saturated rings. The lowest BCUT2D eigenvalue weighted by Crippen LogP contribution is -2.45. The average Bonchev–Trinajstić information content (AvgIpc) is 2.87. The fourth-order valence-electron chi connectivity index (χ4n) is 2.92. The van der Waals surface area contributed by atoms with Gasteiger partial charge in [0, 0.05) is 24.9 Å². The third-order valence-corrected chi connectivity index (χ3v) is 4.24. The normalized spacial score (nSPS) is 31.1. The van der Waals surface area contributed by atoms with Crippen LogP contribution in [-0.2, 0) is 9.59 Å². The number of hydrogen-bond donors (Lipinski definition) is 0. The molecule has 1 aliphatic heterocycles. The maximum Gasteiger partial charge on any atom is 0.226 e. The number of rotatable bonds is 3. The standard InChI is InChI=1S/C14H23NO2/c1-10(16)8-11-6-4-5-7-15(11)13(17)12-9-14(12,2)3/h11-12H,4-9H2,1-3H3. The van der Waals surface area contributed by atoms with Gasteiger partial charge in [-0.2, -0.15) is 0 Å². The van der Waals surface area contributed by atoms with E-state index in [1.807, 2.05) is 4.90 Å². The van der Waals surface area contributed by atoms with Crippen molar-refractivity contribution in [1.29, 1.82) is 0 Å². The van der Waals surface area contributed by atoms with Crippen molar-refractivity contribution in [2.75, 3.05) is 6.54 Å². The van der Waals surface area contributed by atoms with Crippen LogP contribution in [-0.4, -0.2) is 29.2 Å². The van der Waals surface area contributed by atoms with Crippen LogP contribution in [0, 0.1) is 11.3 Å². The molecular weight excluding hydrogens is 214 g/mol. The number of carbonyl (C=O) groups is 2. The van der Waals surface area contributed by atoms with Crippen LogP contribution in [0.5, 0.6) is 0 Å². The highest BCUT2D eigenvalue weighted by atomic mass is 16.2. The molecule has 1 heterocycles. The Morgan fingerprint density at radius 3 is 2.47 bits per heavy atom. The first-order valence-corrected chi connectivity index (χ1v) is 6.72. The molecule has 0 bridgehead atoms. The van der Waals surface area contributed by atoms with Crippen molar-refractivity contribution in [1.82, 2.24) is 4.90 Å². The Kier molecular flexibility index (Phi) is 3.28. The first-order valence-electron chi connectivity index (χ1n) is 6.72. The SMILES string of the molecule is CC(=O)CC1CCCCN1C(=O)C1CC1(C)C. The van der Waals surface area contributed by atoms with Crippen LogP contribution >= 0.6 is 0 Å². The van der Waals surface area contributed by atoms with E-state index in [1.54, 1.807) is 6.92 Å². The molecule has 1 amide bonds. The van der Waals surface area contributed by atoms with E-state index in [-0.39, 0.29) is 23.2 Å². The van der Waals surface area contributed by atoms with Gasteiger partial charge in [-0.05, 0) is 38.0 Å². The summed E-state index contributed by atoms with van der Waals surface area (Å²) in [6, 6.07) is 0.171. The first kappa shape index (κ1) is 12.6. The minimum Gasteiger partial charge on any atom is -0.339 e. The maximum absolute atomic E-state index is 12.4. The van der Waals surface area contributed by atoms with Gasteiger partial charge in [-0.15, -0.1) is 0 Å². The smallest absolute Gasteiger partial charge is 0.226 e. The summed E-state index contributed by atoms with van der Waals surface area (Å²) < 4.78 is 0. The summed E-state index contributed by atoms with van der Waals surface area (Å²) in [6.45, 7) is 6.78. The van der Waals surface area contributed by atoms with E-state index >= 15 is 0 Å². The molecule has 0 radical (unpaired) electrons. The predicted octanol–water partition coefficient (Wildman–Crippen LogP) is 2.39. The minimum atomic E-state index is 0.171. The number of piperidine rings is 1. The van der Waals surface area contributed by atoms with Gasteiger partial charge in [-0.25, -0.2) is 0 Å². The summed E-state index contributed by atoms with van der Waals surface area (Å²) in [5.41, 5.74) is 0.190. The molecule has 1 saturated carbocycles. The van der Waals surface area contributed by atoms with Gasteiger partial charge >= 0.3 is 0 Å². The van der Waals surface area contributed by atoms with Crippen molar-refractivity contribution in [3.63, 3.8) is 0 Å². The number of amides is 1. The molecule has 2 unspecified atom stereocenters. The zero-order chi connectivity index (χ0) is 12.6. The molecule has 0 aromatic heterocycles. The van der Waals surface area contributed by atoms with Crippen LogP contribution in [0.15, 0.2) is 0 Å². The quantitative estimate of drug-likeness (QED) is 0.756. The Morgan fingerprint density at radius 1 is 1.29 bits per heavy atom. The van der Waals surface area contributed by atoms with E-state index < -0.39 is 0 Å². The van der Waals surface area contributed by atoms with Crippen LogP contribution in [0.4, 0.5) is 0 Å². The van der Waals surface area contributed by atoms with Gasteiger partial charge in [0.15, 0.2) is 0 Å². The molecule has 2 aliphatic rings. The summed E-state index contributed by atoms with van der Waals surface area (Å²) in [5, 5.41) is 0. The van der Waals surface area contributed by atoms with Crippen LogP contribution in [0.25, 0.3) is 0 Å². The number of likely N-dealkylation sites (tertiary alicyclic amines) is 1. The first-order chi connectivity index (χ1) is 7.92. The molecule has 17 heavy (non-hydrogen) atoms. The third kappa shape index (κ3) is 2.70. The molecule has 3 heteroatoms. The molecule has 1 saturated heterocycles. The van der Waals surface area contributed by atoms with E-state index in [4.69, 9.17) is 0 Å². The summed E-state index contributed by atoms with van der Waals surface area (Å²) in [4.78, 5) is 25.6. The predicted molar refractivity (Wildman–Crippen MR) is 66.5 cm³/mol. The third-order valence-electron chi connectivity index (χ3n) is 4.24. The lowest BCUT2D eigenvalue weighted by Gasteiger charge is -2.36. The van der Waals surface area contributed by atoms with Gasteiger partial charge in [0.2, 0.25) is 5.91 Å². The van der Waals surface area contributed by atoms with Gasteiger partial charge in [-0.1, -0.05) is 13.8 Å². The second kappa shape index (κ2) is 4.43. The van der Waals surface area contributed by atoms with Crippen LogP contribution in [0.2, 0.25) is 0 Å². The van der Waals surface area contributed by atoms with Crippen LogP contribution in [0.3, 0.4) is 0 Å². The number of hydrogen-bond acceptors (Lipinski definition) is 2. The molecule has 2 atom stereocenters. The van der Waals surface area contributed by atoms with Crippen molar-refractivity contribution in [2.24, 2.45) is 11.3 Å². The maximum atomic E-state index is 12.4. The number of ketones is 1. The molecular formula is C14H23NO2. The van der Waals surface area contributed by atoms with Crippen molar-refractivity contribution >= 4 is 11.7 Å². The lowest BCUT2D eigenvalue weighted by atomic mass is 9.96. The summed E-state index contributed by atoms with van der Waals surface area (Å²) in [7, 11) is 0. The Hall–Kier alpha value is -0.860. The van der Waals surface area contributed by atoms with Gasteiger partial charge in [-0.3, -0.25) is 9.59 Å². The van der Waals surface area contributed by atoms with Crippen molar-refractivity contribution in [3.8, 4) is 0 Å². The second-order valence-corrected chi connectivity index (χ2v) is 6.33. The average molecular weight is 237 g/mol. The minimum absolute atomic E-state index is 0.171.